The minimum atomic E-state index is -0.764. The second-order valence-electron chi connectivity index (χ2n) is 3.63. The van der Waals surface area contributed by atoms with Crippen molar-refractivity contribution in [3.8, 4) is 0 Å². The lowest BCUT2D eigenvalue weighted by molar-refractivity contribution is -0.121. The molecule has 5 heteroatoms. The molecule has 1 rings (SSSR count). The van der Waals surface area contributed by atoms with Gasteiger partial charge in [0.2, 0.25) is 5.91 Å². The molecule has 0 spiro atoms. The summed E-state index contributed by atoms with van der Waals surface area (Å²) in [6.07, 6.45) is 0. The van der Waals surface area contributed by atoms with Gasteiger partial charge in [-0.25, -0.2) is 8.78 Å². The average molecular weight is 228 g/mol. The number of nitrogens with zero attached hydrogens (tertiary/aromatic N) is 1. The molecule has 1 unspecified atom stereocenters. The van der Waals surface area contributed by atoms with Crippen LogP contribution in [0.3, 0.4) is 0 Å². The summed E-state index contributed by atoms with van der Waals surface area (Å²) >= 11 is 0. The molecule has 0 saturated carbocycles. The Bertz CT molecular complexity index is 396. The standard InChI is InChI=1S/C11H14F2N2O/c1-7(6-14)11(16)15(2)10-4-3-8(12)5-9(10)13/h3-5,7H,6,14H2,1-2H3. The molecule has 0 aliphatic rings. The minimum Gasteiger partial charge on any atom is -0.330 e. The molecule has 0 bridgehead atoms. The summed E-state index contributed by atoms with van der Waals surface area (Å²) in [5.41, 5.74) is 5.40. The van der Waals surface area contributed by atoms with Crippen molar-refractivity contribution in [2.45, 2.75) is 6.92 Å². The molecule has 1 aromatic carbocycles. The Balaban J connectivity index is 2.96. The molecule has 0 aromatic heterocycles. The first kappa shape index (κ1) is 12.6. The summed E-state index contributed by atoms with van der Waals surface area (Å²) in [5, 5.41) is 0. The number of carbonyl (C=O) groups excluding carboxylic acids is 1. The van der Waals surface area contributed by atoms with Crippen LogP contribution in [0.15, 0.2) is 18.2 Å². The lowest BCUT2D eigenvalue weighted by Crippen LogP contribution is -2.35. The largest absolute Gasteiger partial charge is 0.330 e. The zero-order valence-corrected chi connectivity index (χ0v) is 9.21. The molecule has 88 valence electrons. The Morgan fingerprint density at radius 1 is 1.50 bits per heavy atom. The third-order valence-corrected chi connectivity index (χ3v) is 2.38. The van der Waals surface area contributed by atoms with E-state index in [1.54, 1.807) is 6.92 Å². The van der Waals surface area contributed by atoms with Gasteiger partial charge in [-0.05, 0) is 12.1 Å². The molecular weight excluding hydrogens is 214 g/mol. The van der Waals surface area contributed by atoms with E-state index in [1.807, 2.05) is 0 Å². The summed E-state index contributed by atoms with van der Waals surface area (Å²) in [5.74, 6) is -2.13. The van der Waals surface area contributed by atoms with Gasteiger partial charge in [-0.1, -0.05) is 6.92 Å². The second-order valence-corrected chi connectivity index (χ2v) is 3.63. The zero-order valence-electron chi connectivity index (χ0n) is 9.21. The molecule has 1 atom stereocenters. The van der Waals surface area contributed by atoms with Crippen LogP contribution in [0.5, 0.6) is 0 Å². The number of benzene rings is 1. The Morgan fingerprint density at radius 2 is 2.12 bits per heavy atom. The van der Waals surface area contributed by atoms with E-state index in [0.717, 1.165) is 17.0 Å². The average Bonchev–Trinajstić information content (AvgIpc) is 2.26. The fourth-order valence-electron chi connectivity index (χ4n) is 1.30. The molecule has 0 aliphatic carbocycles. The van der Waals surface area contributed by atoms with E-state index >= 15 is 0 Å². The Hall–Kier alpha value is -1.49. The van der Waals surface area contributed by atoms with E-state index in [9.17, 15) is 13.6 Å². The Kier molecular flexibility index (Phi) is 3.95. The van der Waals surface area contributed by atoms with Crippen LogP contribution in [-0.4, -0.2) is 19.5 Å². The molecule has 0 heterocycles. The molecule has 0 saturated heterocycles. The Morgan fingerprint density at radius 3 is 2.62 bits per heavy atom. The van der Waals surface area contributed by atoms with Crippen LogP contribution >= 0.6 is 0 Å². The maximum absolute atomic E-state index is 13.4. The zero-order chi connectivity index (χ0) is 12.3. The molecular formula is C11H14F2N2O. The van der Waals surface area contributed by atoms with Gasteiger partial charge in [0.15, 0.2) is 0 Å². The number of anilines is 1. The molecule has 1 amide bonds. The first-order valence-corrected chi connectivity index (χ1v) is 4.90. The smallest absolute Gasteiger partial charge is 0.230 e. The molecule has 0 aliphatic heterocycles. The number of carbonyl (C=O) groups is 1. The van der Waals surface area contributed by atoms with Crippen molar-refractivity contribution in [3.63, 3.8) is 0 Å². The summed E-state index contributed by atoms with van der Waals surface area (Å²) in [7, 11) is 1.44. The van der Waals surface area contributed by atoms with Crippen LogP contribution in [0.25, 0.3) is 0 Å². The maximum Gasteiger partial charge on any atom is 0.230 e. The van der Waals surface area contributed by atoms with Crippen molar-refractivity contribution in [1.29, 1.82) is 0 Å². The third-order valence-electron chi connectivity index (χ3n) is 2.38. The summed E-state index contributed by atoms with van der Waals surface area (Å²) in [6, 6.07) is 3.08. The van der Waals surface area contributed by atoms with E-state index in [0.29, 0.717) is 0 Å². The van der Waals surface area contributed by atoms with Crippen LogP contribution in [0.4, 0.5) is 14.5 Å². The van der Waals surface area contributed by atoms with Crippen LogP contribution in [0.2, 0.25) is 0 Å². The fourth-order valence-corrected chi connectivity index (χ4v) is 1.30. The van der Waals surface area contributed by atoms with Crippen LogP contribution in [0, 0.1) is 17.6 Å². The number of rotatable bonds is 3. The third kappa shape index (κ3) is 2.55. The highest BCUT2D eigenvalue weighted by molar-refractivity contribution is 5.94. The van der Waals surface area contributed by atoms with Gasteiger partial charge in [0.25, 0.3) is 0 Å². The summed E-state index contributed by atoms with van der Waals surface area (Å²) < 4.78 is 26.0. The van der Waals surface area contributed by atoms with Gasteiger partial charge in [-0.3, -0.25) is 4.79 Å². The SMILES string of the molecule is CC(CN)C(=O)N(C)c1ccc(F)cc1F. The minimum absolute atomic E-state index is 0.0479. The first-order chi connectivity index (χ1) is 7.47. The molecule has 0 radical (unpaired) electrons. The van der Waals surface area contributed by atoms with E-state index in [2.05, 4.69) is 0 Å². The quantitative estimate of drug-likeness (QED) is 0.852. The molecule has 0 fully saturated rings. The van der Waals surface area contributed by atoms with Crippen LogP contribution < -0.4 is 10.6 Å². The van der Waals surface area contributed by atoms with E-state index in [-0.39, 0.29) is 18.1 Å². The highest BCUT2D eigenvalue weighted by Gasteiger charge is 2.19. The fraction of sp³-hybridized carbons (Fsp3) is 0.364. The van der Waals surface area contributed by atoms with Gasteiger partial charge in [-0.15, -0.1) is 0 Å². The molecule has 1 aromatic rings. The van der Waals surface area contributed by atoms with E-state index in [4.69, 9.17) is 5.73 Å². The lowest BCUT2D eigenvalue weighted by atomic mass is 10.1. The van der Waals surface area contributed by atoms with Gasteiger partial charge in [0.1, 0.15) is 11.6 Å². The number of hydrogen-bond donors (Lipinski definition) is 1. The molecule has 3 nitrogen and oxygen atoms in total. The van der Waals surface area contributed by atoms with Gasteiger partial charge in [0, 0.05) is 25.6 Å². The topological polar surface area (TPSA) is 46.3 Å². The normalized spacial score (nSPS) is 12.3. The van der Waals surface area contributed by atoms with Gasteiger partial charge in [0.05, 0.1) is 5.69 Å². The van der Waals surface area contributed by atoms with Crippen molar-refractivity contribution in [2.75, 3.05) is 18.5 Å². The number of nitrogens with two attached hydrogens (primary N) is 1. The first-order valence-electron chi connectivity index (χ1n) is 4.90. The molecule has 16 heavy (non-hydrogen) atoms. The van der Waals surface area contributed by atoms with Gasteiger partial charge < -0.3 is 10.6 Å². The predicted octanol–water partition coefficient (Wildman–Crippen LogP) is 1.52. The maximum atomic E-state index is 13.4. The summed E-state index contributed by atoms with van der Waals surface area (Å²) in [4.78, 5) is 12.8. The van der Waals surface area contributed by atoms with E-state index in [1.165, 1.54) is 13.1 Å². The van der Waals surface area contributed by atoms with Crippen molar-refractivity contribution in [1.82, 2.24) is 0 Å². The van der Waals surface area contributed by atoms with Crippen LogP contribution in [-0.2, 0) is 4.79 Å². The molecule has 2 N–H and O–H groups in total. The number of hydrogen-bond acceptors (Lipinski definition) is 2. The van der Waals surface area contributed by atoms with Crippen molar-refractivity contribution >= 4 is 11.6 Å². The highest BCUT2D eigenvalue weighted by Crippen LogP contribution is 2.20. The van der Waals surface area contributed by atoms with Crippen molar-refractivity contribution in [2.24, 2.45) is 11.7 Å². The highest BCUT2D eigenvalue weighted by atomic mass is 19.1. The predicted molar refractivity (Wildman–Crippen MR) is 58.0 cm³/mol. The monoisotopic (exact) mass is 228 g/mol. The second kappa shape index (κ2) is 5.03. The van der Waals surface area contributed by atoms with Crippen molar-refractivity contribution in [3.05, 3.63) is 29.8 Å². The lowest BCUT2D eigenvalue weighted by Gasteiger charge is -2.21. The van der Waals surface area contributed by atoms with Crippen LogP contribution in [0.1, 0.15) is 6.92 Å². The van der Waals surface area contributed by atoms with E-state index < -0.39 is 17.6 Å². The van der Waals surface area contributed by atoms with Gasteiger partial charge >= 0.3 is 0 Å². The van der Waals surface area contributed by atoms with Gasteiger partial charge in [-0.2, -0.15) is 0 Å². The number of amides is 1. The number of halogens is 2. The van der Waals surface area contributed by atoms with Crippen molar-refractivity contribution < 1.29 is 13.6 Å². The Labute approximate surface area is 92.8 Å². The summed E-state index contributed by atoms with van der Waals surface area (Å²) in [6.45, 7) is 1.84.